The summed E-state index contributed by atoms with van der Waals surface area (Å²) in [7, 11) is 1.58. The fraction of sp³-hybridized carbons (Fsp3) is 0.333. The molecule has 0 amide bonds. The number of aromatic nitrogens is 2. The molecule has 0 fully saturated rings. The minimum absolute atomic E-state index is 0.230. The van der Waals surface area contributed by atoms with E-state index in [9.17, 15) is 0 Å². The molecule has 0 saturated carbocycles. The highest BCUT2D eigenvalue weighted by Gasteiger charge is 2.24. The largest absolute Gasteiger partial charge is 0.399 e. The lowest BCUT2D eigenvalue weighted by Crippen LogP contribution is -2.28. The van der Waals surface area contributed by atoms with Crippen LogP contribution in [0.15, 0.2) is 47.8 Å². The van der Waals surface area contributed by atoms with Crippen molar-refractivity contribution in [2.24, 2.45) is 10.9 Å². The average molecular weight is 348 g/mol. The van der Waals surface area contributed by atoms with Crippen molar-refractivity contribution >= 4 is 16.6 Å². The Morgan fingerprint density at radius 1 is 1.35 bits per heavy atom. The molecular formula is C21H24N4O. The van der Waals surface area contributed by atoms with Crippen molar-refractivity contribution in [3.63, 3.8) is 0 Å². The van der Waals surface area contributed by atoms with E-state index in [4.69, 9.17) is 10.6 Å². The molecule has 2 heterocycles. The van der Waals surface area contributed by atoms with Crippen molar-refractivity contribution in [1.29, 1.82) is 0 Å². The summed E-state index contributed by atoms with van der Waals surface area (Å²) in [6.45, 7) is 2.75. The highest BCUT2D eigenvalue weighted by Crippen LogP contribution is 2.33. The van der Waals surface area contributed by atoms with Gasteiger partial charge in [-0.25, -0.2) is 0 Å². The number of hydrogen-bond acceptors (Lipinski definition) is 4. The Morgan fingerprint density at radius 2 is 2.23 bits per heavy atom. The van der Waals surface area contributed by atoms with Crippen molar-refractivity contribution < 1.29 is 4.84 Å². The zero-order valence-corrected chi connectivity index (χ0v) is 15.3. The van der Waals surface area contributed by atoms with Gasteiger partial charge in [0, 0.05) is 28.8 Å². The molecular weight excluding hydrogens is 324 g/mol. The number of benzene rings is 1. The first-order valence-electron chi connectivity index (χ1n) is 9.05. The Labute approximate surface area is 153 Å². The molecule has 5 heteroatoms. The van der Waals surface area contributed by atoms with Crippen LogP contribution in [-0.4, -0.2) is 28.4 Å². The lowest BCUT2D eigenvalue weighted by atomic mass is 9.91. The van der Waals surface area contributed by atoms with Crippen LogP contribution in [-0.2, 0) is 24.2 Å². The maximum Gasteiger partial charge on any atom is 0.106 e. The Balaban J connectivity index is 1.87. The summed E-state index contributed by atoms with van der Waals surface area (Å²) >= 11 is 0. The Morgan fingerprint density at radius 3 is 3.00 bits per heavy atom. The van der Waals surface area contributed by atoms with Gasteiger partial charge in [-0.3, -0.25) is 4.98 Å². The van der Waals surface area contributed by atoms with E-state index in [1.807, 2.05) is 25.3 Å². The predicted octanol–water partition coefficient (Wildman–Crippen LogP) is 3.27. The summed E-state index contributed by atoms with van der Waals surface area (Å²) in [5.41, 5.74) is 13.3. The fourth-order valence-electron chi connectivity index (χ4n) is 3.93. The van der Waals surface area contributed by atoms with E-state index in [1.54, 1.807) is 7.11 Å². The highest BCUT2D eigenvalue weighted by molar-refractivity contribution is 6.02. The van der Waals surface area contributed by atoms with Crippen LogP contribution < -0.4 is 5.73 Å². The van der Waals surface area contributed by atoms with Crippen LogP contribution in [0.2, 0.25) is 0 Å². The molecule has 0 bridgehead atoms. The van der Waals surface area contributed by atoms with Gasteiger partial charge in [0.1, 0.15) is 7.11 Å². The van der Waals surface area contributed by atoms with Gasteiger partial charge in [0.15, 0.2) is 0 Å². The van der Waals surface area contributed by atoms with Crippen molar-refractivity contribution in [3.8, 4) is 0 Å². The van der Waals surface area contributed by atoms with Crippen LogP contribution in [0.3, 0.4) is 0 Å². The molecule has 134 valence electrons. The molecule has 1 atom stereocenters. The van der Waals surface area contributed by atoms with Crippen molar-refractivity contribution in [3.05, 3.63) is 65.1 Å². The van der Waals surface area contributed by atoms with Gasteiger partial charge in [-0.05, 0) is 61.6 Å². The minimum atomic E-state index is 0.230. The second-order valence-corrected chi connectivity index (χ2v) is 6.93. The second kappa shape index (κ2) is 6.92. The van der Waals surface area contributed by atoms with Gasteiger partial charge in [0.2, 0.25) is 0 Å². The first-order valence-corrected chi connectivity index (χ1v) is 9.05. The molecule has 4 rings (SSSR count). The number of oxime groups is 1. The van der Waals surface area contributed by atoms with Gasteiger partial charge in [0.05, 0.1) is 18.0 Å². The Kier molecular flexibility index (Phi) is 4.47. The first-order chi connectivity index (χ1) is 12.7. The molecule has 0 saturated heterocycles. The molecule has 1 unspecified atom stereocenters. The van der Waals surface area contributed by atoms with Gasteiger partial charge < -0.3 is 15.1 Å². The number of pyridine rings is 1. The second-order valence-electron chi connectivity index (χ2n) is 6.93. The van der Waals surface area contributed by atoms with E-state index >= 15 is 0 Å². The van der Waals surface area contributed by atoms with Crippen LogP contribution in [0, 0.1) is 0 Å². The Bertz CT molecular complexity index is 959. The molecule has 0 aliphatic heterocycles. The average Bonchev–Trinajstić information content (AvgIpc) is 2.95. The smallest absolute Gasteiger partial charge is 0.106 e. The van der Waals surface area contributed by atoms with E-state index in [-0.39, 0.29) is 6.04 Å². The third-order valence-corrected chi connectivity index (χ3v) is 5.20. The van der Waals surface area contributed by atoms with Crippen LogP contribution >= 0.6 is 0 Å². The zero-order chi connectivity index (χ0) is 18.1. The summed E-state index contributed by atoms with van der Waals surface area (Å²) < 4.78 is 2.41. The molecule has 3 aromatic rings. The van der Waals surface area contributed by atoms with Gasteiger partial charge in [-0.1, -0.05) is 17.3 Å². The van der Waals surface area contributed by atoms with E-state index in [1.165, 1.54) is 22.2 Å². The Hall–Kier alpha value is -2.66. The lowest BCUT2D eigenvalue weighted by Gasteiger charge is -2.20. The normalized spacial score (nSPS) is 17.3. The third kappa shape index (κ3) is 2.99. The summed E-state index contributed by atoms with van der Waals surface area (Å²) in [5, 5.41) is 5.35. The predicted molar refractivity (Wildman–Crippen MR) is 104 cm³/mol. The third-order valence-electron chi connectivity index (χ3n) is 5.20. The topological polar surface area (TPSA) is 65.4 Å². The van der Waals surface area contributed by atoms with Crippen molar-refractivity contribution in [2.75, 3.05) is 7.11 Å². The van der Waals surface area contributed by atoms with Crippen LogP contribution in [0.4, 0.5) is 0 Å². The quantitative estimate of drug-likeness (QED) is 0.581. The standard InChI is InChI=1S/C21H24N4O/c1-14(24-26-2)15-6-8-20-18(11-15)19-12-16(22)7-9-21(19)25(20)13-17-5-3-4-10-23-17/h3-6,8,10-11,16H,7,9,12-13,22H2,1-2H3. The summed E-state index contributed by atoms with van der Waals surface area (Å²) in [6.07, 6.45) is 4.82. The minimum Gasteiger partial charge on any atom is -0.399 e. The molecule has 2 N–H and O–H groups in total. The zero-order valence-electron chi connectivity index (χ0n) is 15.3. The number of fused-ring (bicyclic) bond motifs is 3. The number of nitrogens with zero attached hydrogens (tertiary/aromatic N) is 3. The van der Waals surface area contributed by atoms with E-state index < -0.39 is 0 Å². The maximum atomic E-state index is 6.28. The van der Waals surface area contributed by atoms with E-state index in [0.29, 0.717) is 0 Å². The monoisotopic (exact) mass is 348 g/mol. The molecule has 5 nitrogen and oxygen atoms in total. The molecule has 1 aliphatic carbocycles. The van der Waals surface area contributed by atoms with Gasteiger partial charge in [-0.15, -0.1) is 0 Å². The molecule has 1 aliphatic rings. The van der Waals surface area contributed by atoms with Gasteiger partial charge in [0.25, 0.3) is 0 Å². The summed E-state index contributed by atoms with van der Waals surface area (Å²) in [6, 6.07) is 12.8. The lowest BCUT2D eigenvalue weighted by molar-refractivity contribution is 0.213. The molecule has 2 aromatic heterocycles. The summed E-state index contributed by atoms with van der Waals surface area (Å²) in [5.74, 6) is 0. The molecule has 26 heavy (non-hydrogen) atoms. The number of hydrogen-bond donors (Lipinski definition) is 1. The number of rotatable bonds is 4. The van der Waals surface area contributed by atoms with E-state index in [2.05, 4.69) is 39.0 Å². The SMILES string of the molecule is CON=C(C)c1ccc2c(c1)c1c(n2Cc2ccccn2)CCC(N)C1. The highest BCUT2D eigenvalue weighted by atomic mass is 16.6. The van der Waals surface area contributed by atoms with Gasteiger partial charge in [-0.2, -0.15) is 0 Å². The van der Waals surface area contributed by atoms with Crippen LogP contribution in [0.1, 0.15) is 35.9 Å². The van der Waals surface area contributed by atoms with Crippen LogP contribution in [0.5, 0.6) is 0 Å². The fourth-order valence-corrected chi connectivity index (χ4v) is 3.93. The first kappa shape index (κ1) is 16.8. The van der Waals surface area contributed by atoms with Crippen molar-refractivity contribution in [1.82, 2.24) is 9.55 Å². The molecule has 1 aromatic carbocycles. The van der Waals surface area contributed by atoms with Crippen molar-refractivity contribution in [2.45, 2.75) is 38.8 Å². The van der Waals surface area contributed by atoms with E-state index in [0.717, 1.165) is 42.8 Å². The number of nitrogens with two attached hydrogens (primary N) is 1. The maximum absolute atomic E-state index is 6.28. The molecule has 0 radical (unpaired) electrons. The van der Waals surface area contributed by atoms with Gasteiger partial charge >= 0.3 is 0 Å². The summed E-state index contributed by atoms with van der Waals surface area (Å²) in [4.78, 5) is 9.45. The molecule has 0 spiro atoms. The van der Waals surface area contributed by atoms with Crippen LogP contribution in [0.25, 0.3) is 10.9 Å².